The van der Waals surface area contributed by atoms with Crippen molar-refractivity contribution in [3.8, 4) is 0 Å². The Morgan fingerprint density at radius 2 is 2.06 bits per heavy atom. The summed E-state index contributed by atoms with van der Waals surface area (Å²) in [5.74, 6) is 5.71. The minimum Gasteiger partial charge on any atom is -0.271 e. The second-order valence-corrected chi connectivity index (χ2v) is 5.99. The molecule has 0 aliphatic heterocycles. The summed E-state index contributed by atoms with van der Waals surface area (Å²) in [6.07, 6.45) is 0. The van der Waals surface area contributed by atoms with Crippen LogP contribution in [0, 0.1) is 13.8 Å². The molecule has 2 nitrogen and oxygen atoms in total. The van der Waals surface area contributed by atoms with Crippen molar-refractivity contribution in [2.24, 2.45) is 5.84 Å². The number of nitrogens with two attached hydrogens (primary N) is 1. The van der Waals surface area contributed by atoms with Gasteiger partial charge in [0, 0.05) is 9.35 Å². The predicted octanol–water partition coefficient (Wildman–Crippen LogP) is 3.68. The van der Waals surface area contributed by atoms with Crippen molar-refractivity contribution in [2.75, 3.05) is 0 Å². The number of aryl methyl sites for hydroxylation is 2. The van der Waals surface area contributed by atoms with Crippen molar-refractivity contribution in [1.29, 1.82) is 0 Å². The molecule has 3 N–H and O–H groups in total. The monoisotopic (exact) mass is 310 g/mol. The molecule has 4 heteroatoms. The predicted molar refractivity (Wildman–Crippen MR) is 77.1 cm³/mol. The third-order valence-corrected chi connectivity index (χ3v) is 4.27. The molecule has 1 unspecified atom stereocenters. The maximum Gasteiger partial charge on any atom is 0.0805 e. The summed E-state index contributed by atoms with van der Waals surface area (Å²) >= 11 is 5.26. The van der Waals surface area contributed by atoms with E-state index in [1.165, 1.54) is 21.6 Å². The van der Waals surface area contributed by atoms with Crippen molar-refractivity contribution >= 4 is 27.3 Å². The van der Waals surface area contributed by atoms with E-state index < -0.39 is 0 Å². The van der Waals surface area contributed by atoms with Gasteiger partial charge in [0.2, 0.25) is 0 Å². The van der Waals surface area contributed by atoms with Crippen LogP contribution in [0.25, 0.3) is 0 Å². The summed E-state index contributed by atoms with van der Waals surface area (Å²) in [6, 6.07) is 8.55. The van der Waals surface area contributed by atoms with Crippen molar-refractivity contribution < 1.29 is 0 Å². The number of hydrazine groups is 1. The first-order valence-corrected chi connectivity index (χ1v) is 7.06. The largest absolute Gasteiger partial charge is 0.271 e. The Labute approximate surface area is 114 Å². The lowest BCUT2D eigenvalue weighted by Crippen LogP contribution is -2.28. The fourth-order valence-corrected chi connectivity index (χ4v) is 3.57. The summed E-state index contributed by atoms with van der Waals surface area (Å²) in [4.78, 5) is 1.27. The van der Waals surface area contributed by atoms with Crippen LogP contribution in [0.3, 0.4) is 0 Å². The Hall–Kier alpha value is -0.680. The quantitative estimate of drug-likeness (QED) is 0.670. The van der Waals surface area contributed by atoms with Gasteiger partial charge >= 0.3 is 0 Å². The SMILES string of the molecule is Cc1cc(Br)cc(C(NN)c2sccc2C)c1. The molecule has 0 bridgehead atoms. The smallest absolute Gasteiger partial charge is 0.0805 e. The Balaban J connectivity index is 2.45. The van der Waals surface area contributed by atoms with Gasteiger partial charge in [0.05, 0.1) is 6.04 Å². The fourth-order valence-electron chi connectivity index (χ4n) is 1.93. The van der Waals surface area contributed by atoms with Gasteiger partial charge in [0.25, 0.3) is 0 Å². The lowest BCUT2D eigenvalue weighted by atomic mass is 10.0. The molecule has 0 aliphatic rings. The molecule has 2 aromatic rings. The first-order valence-electron chi connectivity index (χ1n) is 5.39. The topological polar surface area (TPSA) is 38.0 Å². The lowest BCUT2D eigenvalue weighted by Gasteiger charge is -2.17. The Kier molecular flexibility index (Phi) is 3.99. The van der Waals surface area contributed by atoms with E-state index in [-0.39, 0.29) is 6.04 Å². The van der Waals surface area contributed by atoms with Crippen LogP contribution >= 0.6 is 27.3 Å². The van der Waals surface area contributed by atoms with Gasteiger partial charge in [-0.15, -0.1) is 11.3 Å². The highest BCUT2D eigenvalue weighted by molar-refractivity contribution is 9.10. The van der Waals surface area contributed by atoms with E-state index in [0.717, 1.165) is 4.47 Å². The fraction of sp³-hybridized carbons (Fsp3) is 0.231. The normalized spacial score (nSPS) is 12.7. The average Bonchev–Trinajstić information content (AvgIpc) is 2.65. The molecule has 0 aliphatic carbocycles. The second-order valence-electron chi connectivity index (χ2n) is 4.13. The Bertz CT molecular complexity index is 502. The van der Waals surface area contributed by atoms with Crippen LogP contribution in [-0.2, 0) is 0 Å². The van der Waals surface area contributed by atoms with E-state index in [9.17, 15) is 0 Å². The van der Waals surface area contributed by atoms with E-state index in [1.807, 2.05) is 0 Å². The molecule has 0 saturated heterocycles. The molecule has 0 fully saturated rings. The summed E-state index contributed by atoms with van der Waals surface area (Å²) < 4.78 is 1.09. The van der Waals surface area contributed by atoms with E-state index in [0.29, 0.717) is 0 Å². The standard InChI is InChI=1S/C13H15BrN2S/c1-8-5-10(7-11(14)6-8)12(16-15)13-9(2)3-4-17-13/h3-7,12,16H,15H2,1-2H3. The van der Waals surface area contributed by atoms with Gasteiger partial charge in [-0.3, -0.25) is 5.84 Å². The van der Waals surface area contributed by atoms with Crippen LogP contribution < -0.4 is 11.3 Å². The minimum atomic E-state index is 0.0613. The highest BCUT2D eigenvalue weighted by Gasteiger charge is 2.16. The maximum absolute atomic E-state index is 5.71. The zero-order valence-corrected chi connectivity index (χ0v) is 12.2. The van der Waals surface area contributed by atoms with Crippen LogP contribution in [0.5, 0.6) is 0 Å². The van der Waals surface area contributed by atoms with Gasteiger partial charge < -0.3 is 0 Å². The molecule has 0 spiro atoms. The molecular weight excluding hydrogens is 296 g/mol. The van der Waals surface area contributed by atoms with Gasteiger partial charge in [-0.2, -0.15) is 0 Å². The van der Waals surface area contributed by atoms with Crippen LogP contribution in [-0.4, -0.2) is 0 Å². The highest BCUT2D eigenvalue weighted by Crippen LogP contribution is 2.30. The highest BCUT2D eigenvalue weighted by atomic mass is 79.9. The van der Waals surface area contributed by atoms with Crippen LogP contribution in [0.2, 0.25) is 0 Å². The molecular formula is C13H15BrN2S. The molecule has 1 atom stereocenters. The number of hydrogen-bond acceptors (Lipinski definition) is 3. The van der Waals surface area contributed by atoms with Gasteiger partial charge in [-0.05, 0) is 54.1 Å². The number of nitrogens with one attached hydrogen (secondary N) is 1. The Morgan fingerprint density at radius 3 is 2.59 bits per heavy atom. The van der Waals surface area contributed by atoms with E-state index in [2.05, 4.69) is 64.8 Å². The molecule has 0 saturated carbocycles. The van der Waals surface area contributed by atoms with Gasteiger partial charge in [-0.25, -0.2) is 5.43 Å². The number of hydrogen-bond donors (Lipinski definition) is 2. The zero-order valence-electron chi connectivity index (χ0n) is 9.83. The number of benzene rings is 1. The molecule has 90 valence electrons. The average molecular weight is 311 g/mol. The van der Waals surface area contributed by atoms with E-state index >= 15 is 0 Å². The summed E-state index contributed by atoms with van der Waals surface area (Å²) in [5.41, 5.74) is 6.59. The third kappa shape index (κ3) is 2.77. The molecule has 1 heterocycles. The van der Waals surface area contributed by atoms with Crippen molar-refractivity contribution in [1.82, 2.24) is 5.43 Å². The summed E-state index contributed by atoms with van der Waals surface area (Å²) in [5, 5.41) is 2.10. The van der Waals surface area contributed by atoms with Gasteiger partial charge in [0.1, 0.15) is 0 Å². The van der Waals surface area contributed by atoms with Crippen LogP contribution in [0.15, 0.2) is 34.1 Å². The summed E-state index contributed by atoms with van der Waals surface area (Å²) in [7, 11) is 0. The van der Waals surface area contributed by atoms with E-state index in [4.69, 9.17) is 5.84 Å². The number of rotatable bonds is 3. The second kappa shape index (κ2) is 5.31. The zero-order chi connectivity index (χ0) is 12.4. The summed E-state index contributed by atoms with van der Waals surface area (Å²) in [6.45, 7) is 4.20. The Morgan fingerprint density at radius 1 is 1.29 bits per heavy atom. The number of thiophene rings is 1. The van der Waals surface area contributed by atoms with Crippen molar-refractivity contribution in [3.63, 3.8) is 0 Å². The van der Waals surface area contributed by atoms with Crippen molar-refractivity contribution in [3.05, 3.63) is 55.7 Å². The first-order chi connectivity index (χ1) is 8.11. The van der Waals surface area contributed by atoms with Gasteiger partial charge in [-0.1, -0.05) is 22.0 Å². The molecule has 2 rings (SSSR count). The third-order valence-electron chi connectivity index (χ3n) is 2.73. The van der Waals surface area contributed by atoms with E-state index in [1.54, 1.807) is 11.3 Å². The van der Waals surface area contributed by atoms with Crippen molar-refractivity contribution in [2.45, 2.75) is 19.9 Å². The molecule has 0 amide bonds. The van der Waals surface area contributed by atoms with Crippen LogP contribution in [0.4, 0.5) is 0 Å². The molecule has 0 radical (unpaired) electrons. The lowest BCUT2D eigenvalue weighted by molar-refractivity contribution is 0.643. The number of halogens is 1. The molecule has 1 aromatic heterocycles. The first kappa shape index (κ1) is 12.8. The van der Waals surface area contributed by atoms with Gasteiger partial charge in [0.15, 0.2) is 0 Å². The molecule has 17 heavy (non-hydrogen) atoms. The van der Waals surface area contributed by atoms with Crippen LogP contribution in [0.1, 0.15) is 27.6 Å². The minimum absolute atomic E-state index is 0.0613. The maximum atomic E-state index is 5.71. The molecule has 1 aromatic carbocycles.